The van der Waals surface area contributed by atoms with E-state index in [2.05, 4.69) is 22.2 Å². The molecule has 1 fully saturated rings. The van der Waals surface area contributed by atoms with Crippen LogP contribution in [0.25, 0.3) is 0 Å². The van der Waals surface area contributed by atoms with Crippen molar-refractivity contribution in [2.75, 3.05) is 43.1 Å². The molecule has 0 amide bonds. The first kappa shape index (κ1) is 18.6. The van der Waals surface area contributed by atoms with Crippen molar-refractivity contribution in [1.82, 2.24) is 10.6 Å². The summed E-state index contributed by atoms with van der Waals surface area (Å²) in [6.07, 6.45) is 2.77. The van der Waals surface area contributed by atoms with E-state index in [4.69, 9.17) is 0 Å². The molecule has 24 heavy (non-hydrogen) atoms. The van der Waals surface area contributed by atoms with Crippen molar-refractivity contribution in [3.05, 3.63) is 42.5 Å². The Morgan fingerprint density at radius 2 is 2.33 bits per heavy atom. The summed E-state index contributed by atoms with van der Waals surface area (Å²) in [5.41, 5.74) is 0.449. The molecule has 1 unspecified atom stereocenters. The topological polar surface area (TPSA) is 39.7 Å². The fraction of sp³-hybridized carbons (Fsp3) is 0.471. The van der Waals surface area contributed by atoms with Crippen LogP contribution in [0.4, 0.5) is 14.5 Å². The van der Waals surface area contributed by atoms with Gasteiger partial charge in [-0.1, -0.05) is 6.08 Å². The van der Waals surface area contributed by atoms with Gasteiger partial charge in [0.1, 0.15) is 11.6 Å². The van der Waals surface area contributed by atoms with Crippen LogP contribution in [0.15, 0.2) is 35.8 Å². The minimum atomic E-state index is -0.552. The van der Waals surface area contributed by atoms with Crippen LogP contribution in [-0.2, 0) is 0 Å². The van der Waals surface area contributed by atoms with E-state index >= 15 is 0 Å². The van der Waals surface area contributed by atoms with Crippen molar-refractivity contribution in [3.8, 4) is 0 Å². The summed E-state index contributed by atoms with van der Waals surface area (Å²) in [5.74, 6) is 1.60. The number of nitrogens with one attached hydrogen (secondary N) is 2. The number of aliphatic imine (C=N–C) groups is 1. The monoisotopic (exact) mass is 354 g/mol. The summed E-state index contributed by atoms with van der Waals surface area (Å²) < 4.78 is 26.9. The number of benzene rings is 1. The van der Waals surface area contributed by atoms with Gasteiger partial charge < -0.3 is 15.5 Å². The Morgan fingerprint density at radius 3 is 3.04 bits per heavy atom. The second kappa shape index (κ2) is 9.52. The maximum atomic E-state index is 13.9. The molecular formula is C17H24F2N4S. The van der Waals surface area contributed by atoms with E-state index < -0.39 is 11.6 Å². The molecule has 2 N–H and O–H groups in total. The molecule has 1 aromatic carbocycles. The van der Waals surface area contributed by atoms with Gasteiger partial charge in [0.05, 0.1) is 5.69 Å². The molecule has 1 aliphatic rings. The molecule has 1 aliphatic heterocycles. The van der Waals surface area contributed by atoms with Crippen LogP contribution in [0.5, 0.6) is 0 Å². The minimum Gasteiger partial charge on any atom is -0.367 e. The Kier molecular flexibility index (Phi) is 7.36. The molecule has 0 spiro atoms. The summed E-state index contributed by atoms with van der Waals surface area (Å²) in [5, 5.41) is 6.63. The van der Waals surface area contributed by atoms with Crippen molar-refractivity contribution in [2.45, 2.75) is 12.5 Å². The van der Waals surface area contributed by atoms with Gasteiger partial charge in [-0.25, -0.2) is 8.78 Å². The second-order valence-corrected chi connectivity index (χ2v) is 6.68. The highest BCUT2D eigenvalue weighted by atomic mass is 32.2. The molecule has 0 saturated carbocycles. The highest BCUT2D eigenvalue weighted by Gasteiger charge is 2.25. The molecule has 2 rings (SSSR count). The van der Waals surface area contributed by atoms with Crippen molar-refractivity contribution in [2.24, 2.45) is 4.99 Å². The van der Waals surface area contributed by atoms with Gasteiger partial charge in [-0.15, -0.1) is 6.58 Å². The summed E-state index contributed by atoms with van der Waals surface area (Å²) in [7, 11) is 1.73. The number of nitrogens with zero attached hydrogens (tertiary/aromatic N) is 2. The third-order valence-corrected chi connectivity index (χ3v) is 4.74. The van der Waals surface area contributed by atoms with E-state index in [1.54, 1.807) is 18.8 Å². The van der Waals surface area contributed by atoms with Gasteiger partial charge in [-0.2, -0.15) is 11.8 Å². The molecule has 1 saturated heterocycles. The maximum absolute atomic E-state index is 13.9. The molecule has 1 aromatic rings. The number of thioether (sulfide) groups is 1. The fourth-order valence-corrected chi connectivity index (χ4v) is 3.21. The fourth-order valence-electron chi connectivity index (χ4n) is 2.63. The predicted octanol–water partition coefficient (Wildman–Crippen LogP) is 2.63. The molecular weight excluding hydrogens is 330 g/mol. The van der Waals surface area contributed by atoms with Crippen LogP contribution in [0, 0.1) is 11.6 Å². The second-order valence-electron chi connectivity index (χ2n) is 5.53. The number of halogens is 2. The predicted molar refractivity (Wildman–Crippen MR) is 99.0 cm³/mol. The Bertz CT molecular complexity index is 580. The van der Waals surface area contributed by atoms with Gasteiger partial charge in [-0.3, -0.25) is 4.99 Å². The SMILES string of the molecule is C=CCSCCNC(=NC)NC1CCN(c2ccc(F)cc2F)C1. The van der Waals surface area contributed by atoms with Gasteiger partial charge in [0.15, 0.2) is 5.96 Å². The third kappa shape index (κ3) is 5.40. The van der Waals surface area contributed by atoms with E-state index in [1.807, 2.05) is 11.0 Å². The van der Waals surface area contributed by atoms with Crippen molar-refractivity contribution >= 4 is 23.4 Å². The lowest BCUT2D eigenvalue weighted by Crippen LogP contribution is -2.45. The lowest BCUT2D eigenvalue weighted by atomic mass is 10.2. The number of rotatable bonds is 7. The van der Waals surface area contributed by atoms with Crippen LogP contribution < -0.4 is 15.5 Å². The Morgan fingerprint density at radius 1 is 1.50 bits per heavy atom. The molecule has 0 aliphatic carbocycles. The molecule has 4 nitrogen and oxygen atoms in total. The third-order valence-electron chi connectivity index (χ3n) is 3.78. The standard InChI is InChI=1S/C17H24F2N4S/c1-3-9-24-10-7-21-17(20-2)22-14-6-8-23(12-14)16-5-4-13(18)11-15(16)19/h3-5,11,14H,1,6-10,12H2,2H3,(H2,20,21,22). The molecule has 132 valence electrons. The lowest BCUT2D eigenvalue weighted by molar-refractivity contribution is 0.580. The highest BCUT2D eigenvalue weighted by Crippen LogP contribution is 2.24. The first-order valence-electron chi connectivity index (χ1n) is 8.00. The van der Waals surface area contributed by atoms with E-state index in [0.717, 1.165) is 43.0 Å². The minimum absolute atomic E-state index is 0.182. The molecule has 7 heteroatoms. The summed E-state index contributed by atoms with van der Waals surface area (Å²) in [4.78, 5) is 6.15. The number of anilines is 1. The first-order chi connectivity index (χ1) is 11.6. The average molecular weight is 354 g/mol. The van der Waals surface area contributed by atoms with Crippen LogP contribution in [0.2, 0.25) is 0 Å². The van der Waals surface area contributed by atoms with E-state index in [9.17, 15) is 8.78 Å². The molecule has 1 heterocycles. The van der Waals surface area contributed by atoms with E-state index in [0.29, 0.717) is 12.2 Å². The molecule has 1 atom stereocenters. The summed E-state index contributed by atoms with van der Waals surface area (Å²) in [6, 6.07) is 3.90. The van der Waals surface area contributed by atoms with Crippen LogP contribution in [0.1, 0.15) is 6.42 Å². The maximum Gasteiger partial charge on any atom is 0.191 e. The summed E-state index contributed by atoms with van der Waals surface area (Å²) in [6.45, 7) is 5.90. The Labute approximate surface area is 146 Å². The van der Waals surface area contributed by atoms with Gasteiger partial charge in [0, 0.05) is 50.3 Å². The van der Waals surface area contributed by atoms with Gasteiger partial charge in [-0.05, 0) is 18.6 Å². The zero-order chi connectivity index (χ0) is 17.4. The largest absolute Gasteiger partial charge is 0.367 e. The van der Waals surface area contributed by atoms with Crippen molar-refractivity contribution in [3.63, 3.8) is 0 Å². The Balaban J connectivity index is 1.80. The number of guanidine groups is 1. The van der Waals surface area contributed by atoms with Crippen LogP contribution >= 0.6 is 11.8 Å². The van der Waals surface area contributed by atoms with E-state index in [-0.39, 0.29) is 6.04 Å². The van der Waals surface area contributed by atoms with Crippen molar-refractivity contribution in [1.29, 1.82) is 0 Å². The van der Waals surface area contributed by atoms with Crippen LogP contribution in [0.3, 0.4) is 0 Å². The highest BCUT2D eigenvalue weighted by molar-refractivity contribution is 7.99. The van der Waals surface area contributed by atoms with Crippen molar-refractivity contribution < 1.29 is 8.78 Å². The quantitative estimate of drug-likeness (QED) is 0.342. The average Bonchev–Trinajstić information content (AvgIpc) is 3.01. The van der Waals surface area contributed by atoms with Gasteiger partial charge >= 0.3 is 0 Å². The smallest absolute Gasteiger partial charge is 0.191 e. The molecule has 0 aromatic heterocycles. The number of hydrogen-bond donors (Lipinski definition) is 2. The Hall–Kier alpha value is -1.76. The van der Waals surface area contributed by atoms with Gasteiger partial charge in [0.25, 0.3) is 0 Å². The first-order valence-corrected chi connectivity index (χ1v) is 9.15. The molecule has 0 bridgehead atoms. The van der Waals surface area contributed by atoms with Gasteiger partial charge in [0.2, 0.25) is 0 Å². The lowest BCUT2D eigenvalue weighted by Gasteiger charge is -2.21. The zero-order valence-electron chi connectivity index (χ0n) is 13.9. The normalized spacial score (nSPS) is 17.9. The number of hydrogen-bond acceptors (Lipinski definition) is 3. The van der Waals surface area contributed by atoms with E-state index in [1.165, 1.54) is 12.1 Å². The summed E-state index contributed by atoms with van der Waals surface area (Å²) >= 11 is 1.81. The zero-order valence-corrected chi connectivity index (χ0v) is 14.7. The molecule has 0 radical (unpaired) electrons. The van der Waals surface area contributed by atoms with Crippen LogP contribution in [-0.4, -0.2) is 50.2 Å².